The minimum absolute atomic E-state index is 0.00313. The molecule has 0 aliphatic heterocycles. The van der Waals surface area contributed by atoms with Gasteiger partial charge in [0, 0.05) is 18.2 Å². The first-order valence-electron chi connectivity index (χ1n) is 4.79. The van der Waals surface area contributed by atoms with Crippen molar-refractivity contribution < 1.29 is 9.13 Å². The van der Waals surface area contributed by atoms with Gasteiger partial charge in [-0.25, -0.2) is 4.39 Å². The summed E-state index contributed by atoms with van der Waals surface area (Å²) in [5.41, 5.74) is 0.402. The molecular weight excluding hydrogens is 217 g/mol. The molecule has 0 heterocycles. The molecule has 2 nitrogen and oxygen atoms in total. The molecule has 1 aromatic rings. The third-order valence-electron chi connectivity index (χ3n) is 2.39. The number of hydrogen-bond acceptors (Lipinski definition) is 2. The van der Waals surface area contributed by atoms with Crippen LogP contribution in [0.3, 0.4) is 0 Å². The fourth-order valence-electron chi connectivity index (χ4n) is 1.17. The van der Waals surface area contributed by atoms with Gasteiger partial charge in [0.15, 0.2) is 0 Å². The molecule has 0 aliphatic rings. The molecule has 1 aromatic carbocycles. The molecule has 0 bridgehead atoms. The summed E-state index contributed by atoms with van der Waals surface area (Å²) in [5.74, 6) is -0.311. The Hall–Kier alpha value is -0.800. The Morgan fingerprint density at radius 1 is 1.40 bits per heavy atom. The molecule has 2 atom stereocenters. The second kappa shape index (κ2) is 5.33. The molecule has 84 valence electrons. The van der Waals surface area contributed by atoms with Crippen LogP contribution in [0.15, 0.2) is 18.2 Å². The van der Waals surface area contributed by atoms with Gasteiger partial charge in [0.1, 0.15) is 5.82 Å². The second-order valence-electron chi connectivity index (χ2n) is 3.50. The number of benzene rings is 1. The van der Waals surface area contributed by atoms with Crippen molar-refractivity contribution in [3.63, 3.8) is 0 Å². The lowest BCUT2D eigenvalue weighted by atomic mass is 10.2. The first kappa shape index (κ1) is 12.3. The highest BCUT2D eigenvalue weighted by Gasteiger charge is 2.12. The van der Waals surface area contributed by atoms with Gasteiger partial charge in [0.05, 0.1) is 11.8 Å². The lowest BCUT2D eigenvalue weighted by Gasteiger charge is -2.21. The fraction of sp³-hybridized carbons (Fsp3) is 0.455. The van der Waals surface area contributed by atoms with Crippen LogP contribution in [0.1, 0.15) is 13.8 Å². The molecule has 0 saturated heterocycles. The highest BCUT2D eigenvalue weighted by Crippen LogP contribution is 2.20. The third kappa shape index (κ3) is 3.36. The smallest absolute Gasteiger partial charge is 0.146 e. The molecule has 0 radical (unpaired) electrons. The Bertz CT molecular complexity index is 332. The van der Waals surface area contributed by atoms with Crippen LogP contribution < -0.4 is 5.32 Å². The average Bonchev–Trinajstić information content (AvgIpc) is 2.22. The van der Waals surface area contributed by atoms with Gasteiger partial charge in [-0.05, 0) is 32.0 Å². The van der Waals surface area contributed by atoms with Crippen LogP contribution in [0.2, 0.25) is 5.02 Å². The number of anilines is 1. The summed E-state index contributed by atoms with van der Waals surface area (Å²) in [6.07, 6.45) is 0.00313. The van der Waals surface area contributed by atoms with Crippen molar-refractivity contribution in [3.05, 3.63) is 29.0 Å². The highest BCUT2D eigenvalue weighted by molar-refractivity contribution is 6.30. The Kier molecular flexibility index (Phi) is 4.36. The van der Waals surface area contributed by atoms with Crippen LogP contribution in [0.5, 0.6) is 0 Å². The molecular formula is C11H15ClFNO. The predicted molar refractivity (Wildman–Crippen MR) is 61.0 cm³/mol. The summed E-state index contributed by atoms with van der Waals surface area (Å²) in [7, 11) is 1.62. The zero-order valence-electron chi connectivity index (χ0n) is 9.05. The Labute approximate surface area is 94.4 Å². The van der Waals surface area contributed by atoms with Crippen LogP contribution in [0, 0.1) is 5.82 Å². The normalized spacial score (nSPS) is 14.7. The summed E-state index contributed by atoms with van der Waals surface area (Å²) in [5, 5.41) is 3.53. The standard InChI is InChI=1S/C11H15ClFNO/c1-7(8(2)15-3)14-11-6-9(12)4-5-10(11)13/h4-8,14H,1-3H3. The van der Waals surface area contributed by atoms with Crippen LogP contribution >= 0.6 is 11.6 Å². The van der Waals surface area contributed by atoms with E-state index in [-0.39, 0.29) is 18.0 Å². The van der Waals surface area contributed by atoms with Crippen molar-refractivity contribution in [1.29, 1.82) is 0 Å². The van der Waals surface area contributed by atoms with Crippen LogP contribution in [0.25, 0.3) is 0 Å². The van der Waals surface area contributed by atoms with E-state index >= 15 is 0 Å². The number of halogens is 2. The Balaban J connectivity index is 2.75. The number of ether oxygens (including phenoxy) is 1. The summed E-state index contributed by atoms with van der Waals surface area (Å²) in [6, 6.07) is 4.44. The van der Waals surface area contributed by atoms with Gasteiger partial charge in [-0.3, -0.25) is 0 Å². The van der Waals surface area contributed by atoms with E-state index in [2.05, 4.69) is 5.32 Å². The lowest BCUT2D eigenvalue weighted by Crippen LogP contribution is -2.30. The summed E-state index contributed by atoms with van der Waals surface area (Å²) in [6.45, 7) is 3.84. The SMILES string of the molecule is COC(C)C(C)Nc1cc(Cl)ccc1F. The van der Waals surface area contributed by atoms with E-state index in [4.69, 9.17) is 16.3 Å². The molecule has 0 spiro atoms. The maximum atomic E-state index is 13.3. The van der Waals surface area contributed by atoms with Crippen molar-refractivity contribution in [2.24, 2.45) is 0 Å². The van der Waals surface area contributed by atoms with Gasteiger partial charge in [0.25, 0.3) is 0 Å². The molecule has 0 aliphatic carbocycles. The van der Waals surface area contributed by atoms with Gasteiger partial charge < -0.3 is 10.1 Å². The van der Waals surface area contributed by atoms with Gasteiger partial charge in [-0.1, -0.05) is 11.6 Å². The number of nitrogens with one attached hydrogen (secondary N) is 1. The number of hydrogen-bond donors (Lipinski definition) is 1. The van der Waals surface area contributed by atoms with E-state index < -0.39 is 0 Å². The van der Waals surface area contributed by atoms with Crippen LogP contribution in [-0.2, 0) is 4.74 Å². The fourth-order valence-corrected chi connectivity index (χ4v) is 1.35. The summed E-state index contributed by atoms with van der Waals surface area (Å²) >= 11 is 5.78. The van der Waals surface area contributed by atoms with Gasteiger partial charge in [-0.15, -0.1) is 0 Å². The van der Waals surface area contributed by atoms with Crippen molar-refractivity contribution in [1.82, 2.24) is 0 Å². The first-order chi connectivity index (χ1) is 7.04. The topological polar surface area (TPSA) is 21.3 Å². The molecule has 1 N–H and O–H groups in total. The quantitative estimate of drug-likeness (QED) is 0.859. The Morgan fingerprint density at radius 3 is 2.67 bits per heavy atom. The maximum Gasteiger partial charge on any atom is 0.146 e. The maximum absolute atomic E-state index is 13.3. The molecule has 1 rings (SSSR count). The molecule has 2 unspecified atom stereocenters. The zero-order chi connectivity index (χ0) is 11.4. The minimum atomic E-state index is -0.311. The van der Waals surface area contributed by atoms with Crippen LogP contribution in [-0.4, -0.2) is 19.3 Å². The van der Waals surface area contributed by atoms with Crippen molar-refractivity contribution in [3.8, 4) is 0 Å². The highest BCUT2D eigenvalue weighted by atomic mass is 35.5. The van der Waals surface area contributed by atoms with E-state index in [1.54, 1.807) is 13.2 Å². The average molecular weight is 232 g/mol. The first-order valence-corrected chi connectivity index (χ1v) is 5.16. The molecule has 15 heavy (non-hydrogen) atoms. The Morgan fingerprint density at radius 2 is 2.07 bits per heavy atom. The largest absolute Gasteiger partial charge is 0.380 e. The number of methoxy groups -OCH3 is 1. The third-order valence-corrected chi connectivity index (χ3v) is 2.62. The lowest BCUT2D eigenvalue weighted by molar-refractivity contribution is 0.106. The van der Waals surface area contributed by atoms with E-state index in [1.807, 2.05) is 13.8 Å². The molecule has 0 amide bonds. The van der Waals surface area contributed by atoms with Crippen molar-refractivity contribution in [2.75, 3.05) is 12.4 Å². The summed E-state index contributed by atoms with van der Waals surface area (Å²) < 4.78 is 18.5. The molecule has 0 aromatic heterocycles. The monoisotopic (exact) mass is 231 g/mol. The van der Waals surface area contributed by atoms with Crippen molar-refractivity contribution >= 4 is 17.3 Å². The molecule has 0 saturated carbocycles. The van der Waals surface area contributed by atoms with E-state index in [1.165, 1.54) is 12.1 Å². The van der Waals surface area contributed by atoms with E-state index in [0.29, 0.717) is 10.7 Å². The zero-order valence-corrected chi connectivity index (χ0v) is 9.81. The number of rotatable bonds is 4. The minimum Gasteiger partial charge on any atom is -0.380 e. The van der Waals surface area contributed by atoms with Gasteiger partial charge >= 0.3 is 0 Å². The van der Waals surface area contributed by atoms with Crippen molar-refractivity contribution in [2.45, 2.75) is 26.0 Å². The summed E-state index contributed by atoms with van der Waals surface area (Å²) in [4.78, 5) is 0. The van der Waals surface area contributed by atoms with E-state index in [9.17, 15) is 4.39 Å². The predicted octanol–water partition coefficient (Wildman–Crippen LogP) is 3.31. The molecule has 0 fully saturated rings. The second-order valence-corrected chi connectivity index (χ2v) is 3.93. The van der Waals surface area contributed by atoms with Crippen LogP contribution in [0.4, 0.5) is 10.1 Å². The van der Waals surface area contributed by atoms with Gasteiger partial charge in [-0.2, -0.15) is 0 Å². The van der Waals surface area contributed by atoms with E-state index in [0.717, 1.165) is 0 Å². The van der Waals surface area contributed by atoms with Gasteiger partial charge in [0.2, 0.25) is 0 Å². The molecule has 4 heteroatoms.